The first kappa shape index (κ1) is 13.8. The molecular weight excluding hydrogens is 254 g/mol. The monoisotopic (exact) mass is 269 g/mol. The van der Waals surface area contributed by atoms with Gasteiger partial charge < -0.3 is 11.1 Å². The number of rotatable bonds is 4. The zero-order valence-corrected chi connectivity index (χ0v) is 10.9. The summed E-state index contributed by atoms with van der Waals surface area (Å²) in [4.78, 5) is 12.0. The van der Waals surface area contributed by atoms with Gasteiger partial charge in [-0.25, -0.2) is 0 Å². The molecule has 3 N–H and O–H groups in total. The van der Waals surface area contributed by atoms with Gasteiger partial charge in [-0.1, -0.05) is 23.1 Å². The average Bonchev–Trinajstić information content (AvgIpc) is 2.98. The van der Waals surface area contributed by atoms with E-state index in [1.165, 1.54) is 0 Å². The summed E-state index contributed by atoms with van der Waals surface area (Å²) in [6.45, 7) is 1.37. The fourth-order valence-electron chi connectivity index (χ4n) is 1.63. The van der Waals surface area contributed by atoms with Gasteiger partial charge in [0.25, 0.3) is 5.91 Å². The van der Waals surface area contributed by atoms with Crippen LogP contribution in [0.1, 0.15) is 15.9 Å². The summed E-state index contributed by atoms with van der Waals surface area (Å²) in [7, 11) is 0. The number of hydrogen-bond donors (Lipinski definition) is 2. The number of hydrogen-bond acceptors (Lipinski definition) is 4. The molecule has 2 aromatic rings. The molecule has 0 saturated heterocycles. The van der Waals surface area contributed by atoms with Gasteiger partial charge in [0.05, 0.1) is 19.3 Å². The van der Waals surface area contributed by atoms with Crippen LogP contribution in [0.15, 0.2) is 36.7 Å². The molecule has 0 aliphatic carbocycles. The SMILES string of the molecule is NCC#Cc1cccc(C(=O)NCCn2ccnn2)c1. The first-order valence-corrected chi connectivity index (χ1v) is 6.21. The zero-order chi connectivity index (χ0) is 14.2. The Morgan fingerprint density at radius 2 is 2.35 bits per heavy atom. The molecule has 0 aliphatic heterocycles. The molecule has 0 fully saturated rings. The quantitative estimate of drug-likeness (QED) is 0.766. The fraction of sp³-hybridized carbons (Fsp3) is 0.214. The lowest BCUT2D eigenvalue weighted by Crippen LogP contribution is -2.27. The second kappa shape index (κ2) is 7.07. The van der Waals surface area contributed by atoms with Crippen molar-refractivity contribution in [2.45, 2.75) is 6.54 Å². The van der Waals surface area contributed by atoms with Crippen molar-refractivity contribution in [1.29, 1.82) is 0 Å². The molecule has 1 heterocycles. The van der Waals surface area contributed by atoms with Crippen LogP contribution in [0.25, 0.3) is 0 Å². The van der Waals surface area contributed by atoms with Crippen molar-refractivity contribution in [2.75, 3.05) is 13.1 Å². The van der Waals surface area contributed by atoms with Crippen molar-refractivity contribution in [2.24, 2.45) is 5.73 Å². The number of nitrogens with zero attached hydrogens (tertiary/aromatic N) is 3. The predicted octanol–water partition coefficient (Wildman–Crippen LogP) is 0.0183. The van der Waals surface area contributed by atoms with E-state index < -0.39 is 0 Å². The second-order valence-corrected chi connectivity index (χ2v) is 4.01. The van der Waals surface area contributed by atoms with Crippen LogP contribution < -0.4 is 11.1 Å². The van der Waals surface area contributed by atoms with E-state index in [4.69, 9.17) is 5.73 Å². The highest BCUT2D eigenvalue weighted by molar-refractivity contribution is 5.94. The summed E-state index contributed by atoms with van der Waals surface area (Å²) in [5, 5.41) is 10.3. The molecule has 6 heteroatoms. The predicted molar refractivity (Wildman–Crippen MR) is 74.7 cm³/mol. The molecule has 20 heavy (non-hydrogen) atoms. The summed E-state index contributed by atoms with van der Waals surface area (Å²) in [6, 6.07) is 7.13. The zero-order valence-electron chi connectivity index (χ0n) is 10.9. The van der Waals surface area contributed by atoms with Gasteiger partial charge in [0.1, 0.15) is 0 Å². The summed E-state index contributed by atoms with van der Waals surface area (Å²) < 4.78 is 1.66. The Bertz CT molecular complexity index is 625. The van der Waals surface area contributed by atoms with E-state index in [9.17, 15) is 4.79 Å². The Morgan fingerprint density at radius 3 is 3.10 bits per heavy atom. The van der Waals surface area contributed by atoms with Gasteiger partial charge in [-0.15, -0.1) is 5.10 Å². The van der Waals surface area contributed by atoms with Gasteiger partial charge in [-0.2, -0.15) is 0 Å². The highest BCUT2D eigenvalue weighted by Crippen LogP contribution is 2.03. The van der Waals surface area contributed by atoms with Crippen molar-refractivity contribution < 1.29 is 4.79 Å². The molecule has 0 atom stereocenters. The number of amides is 1. The Balaban J connectivity index is 1.91. The van der Waals surface area contributed by atoms with Crippen LogP contribution in [0.3, 0.4) is 0 Å². The van der Waals surface area contributed by atoms with E-state index in [2.05, 4.69) is 27.5 Å². The lowest BCUT2D eigenvalue weighted by molar-refractivity contribution is 0.0952. The second-order valence-electron chi connectivity index (χ2n) is 4.01. The highest BCUT2D eigenvalue weighted by atomic mass is 16.1. The lowest BCUT2D eigenvalue weighted by Gasteiger charge is -2.05. The molecule has 0 spiro atoms. The Hall–Kier alpha value is -2.65. The maximum absolute atomic E-state index is 12.0. The number of carbonyl (C=O) groups excluding carboxylic acids is 1. The summed E-state index contributed by atoms with van der Waals surface area (Å²) in [5.74, 6) is 5.52. The van der Waals surface area contributed by atoms with Crippen molar-refractivity contribution in [3.05, 3.63) is 47.8 Å². The van der Waals surface area contributed by atoms with Crippen LogP contribution in [0.5, 0.6) is 0 Å². The van der Waals surface area contributed by atoms with E-state index in [0.717, 1.165) is 5.56 Å². The summed E-state index contributed by atoms with van der Waals surface area (Å²) in [5.41, 5.74) is 6.67. The molecule has 0 radical (unpaired) electrons. The third kappa shape index (κ3) is 3.93. The number of nitrogens with two attached hydrogens (primary N) is 1. The standard InChI is InChI=1S/C14H15N5O/c15-6-2-4-12-3-1-5-13(11-12)14(20)16-7-9-19-10-8-17-18-19/h1,3,5,8,10-11H,6-7,9,15H2,(H,16,20). The van der Waals surface area contributed by atoms with E-state index in [1.807, 2.05) is 6.07 Å². The normalized spacial score (nSPS) is 9.65. The Labute approximate surface area is 117 Å². The van der Waals surface area contributed by atoms with Gasteiger partial charge in [0, 0.05) is 23.9 Å². The topological polar surface area (TPSA) is 85.8 Å². The van der Waals surface area contributed by atoms with Crippen LogP contribution in [0.4, 0.5) is 0 Å². The molecule has 0 bridgehead atoms. The van der Waals surface area contributed by atoms with Crippen molar-refractivity contribution in [3.8, 4) is 11.8 Å². The molecule has 6 nitrogen and oxygen atoms in total. The number of benzene rings is 1. The van der Waals surface area contributed by atoms with Gasteiger partial charge in [-0.3, -0.25) is 9.48 Å². The van der Waals surface area contributed by atoms with E-state index in [1.54, 1.807) is 35.3 Å². The molecule has 1 aromatic heterocycles. The van der Waals surface area contributed by atoms with Crippen molar-refractivity contribution >= 4 is 5.91 Å². The summed E-state index contributed by atoms with van der Waals surface area (Å²) in [6.07, 6.45) is 3.34. The van der Waals surface area contributed by atoms with E-state index >= 15 is 0 Å². The highest BCUT2D eigenvalue weighted by Gasteiger charge is 2.05. The third-order valence-electron chi connectivity index (χ3n) is 2.56. The summed E-state index contributed by atoms with van der Waals surface area (Å²) >= 11 is 0. The van der Waals surface area contributed by atoms with Crippen LogP contribution in [-0.4, -0.2) is 34.0 Å². The number of aromatic nitrogens is 3. The van der Waals surface area contributed by atoms with Crippen LogP contribution >= 0.6 is 0 Å². The Kier molecular flexibility index (Phi) is 4.87. The molecule has 0 saturated carbocycles. The lowest BCUT2D eigenvalue weighted by atomic mass is 10.1. The molecule has 102 valence electrons. The molecule has 1 aromatic carbocycles. The third-order valence-corrected chi connectivity index (χ3v) is 2.56. The number of carbonyl (C=O) groups is 1. The molecule has 0 aliphatic rings. The van der Waals surface area contributed by atoms with Gasteiger partial charge >= 0.3 is 0 Å². The first-order valence-electron chi connectivity index (χ1n) is 6.21. The van der Waals surface area contributed by atoms with Crippen LogP contribution in [0.2, 0.25) is 0 Å². The first-order chi connectivity index (χ1) is 9.79. The Morgan fingerprint density at radius 1 is 1.45 bits per heavy atom. The number of nitrogens with one attached hydrogen (secondary N) is 1. The average molecular weight is 269 g/mol. The van der Waals surface area contributed by atoms with Gasteiger partial charge in [0.15, 0.2) is 0 Å². The van der Waals surface area contributed by atoms with E-state index in [-0.39, 0.29) is 5.91 Å². The minimum Gasteiger partial charge on any atom is -0.350 e. The van der Waals surface area contributed by atoms with Crippen molar-refractivity contribution in [1.82, 2.24) is 20.3 Å². The van der Waals surface area contributed by atoms with Crippen LogP contribution in [0, 0.1) is 11.8 Å². The fourth-order valence-corrected chi connectivity index (χ4v) is 1.63. The van der Waals surface area contributed by atoms with E-state index in [0.29, 0.717) is 25.2 Å². The maximum Gasteiger partial charge on any atom is 0.251 e. The van der Waals surface area contributed by atoms with Crippen molar-refractivity contribution in [3.63, 3.8) is 0 Å². The maximum atomic E-state index is 12.0. The molecule has 1 amide bonds. The van der Waals surface area contributed by atoms with Gasteiger partial charge in [0.2, 0.25) is 0 Å². The minimum atomic E-state index is -0.137. The molecular formula is C14H15N5O. The molecule has 2 rings (SSSR count). The van der Waals surface area contributed by atoms with Gasteiger partial charge in [-0.05, 0) is 18.2 Å². The molecule has 0 unspecified atom stereocenters. The minimum absolute atomic E-state index is 0.137. The smallest absolute Gasteiger partial charge is 0.251 e. The van der Waals surface area contributed by atoms with Crippen LogP contribution in [-0.2, 0) is 6.54 Å². The largest absolute Gasteiger partial charge is 0.350 e.